The van der Waals surface area contributed by atoms with Gasteiger partial charge >= 0.3 is 0 Å². The summed E-state index contributed by atoms with van der Waals surface area (Å²) in [6.45, 7) is 1.78. The van der Waals surface area contributed by atoms with Crippen LogP contribution in [0.1, 0.15) is 22.8 Å². The van der Waals surface area contributed by atoms with Gasteiger partial charge in [0.15, 0.2) is 18.1 Å². The third kappa shape index (κ3) is 5.11. The SMILES string of the molecule is C/C=C/c1ccc(OCC(=O)Nc2ccc(C(=O)NC)cc2)c(OC)c1. The topological polar surface area (TPSA) is 76.7 Å². The number of hydrogen-bond donors (Lipinski definition) is 2. The Bertz CT molecular complexity index is 798. The lowest BCUT2D eigenvalue weighted by atomic mass is 10.2. The Kier molecular flexibility index (Phi) is 6.79. The summed E-state index contributed by atoms with van der Waals surface area (Å²) in [5.74, 6) is 0.561. The molecule has 136 valence electrons. The number of anilines is 1. The molecule has 0 aliphatic heterocycles. The minimum Gasteiger partial charge on any atom is -0.493 e. The first kappa shape index (κ1) is 19.1. The number of carbonyl (C=O) groups excluding carboxylic acids is 2. The van der Waals surface area contributed by atoms with E-state index >= 15 is 0 Å². The van der Waals surface area contributed by atoms with E-state index in [1.54, 1.807) is 44.5 Å². The van der Waals surface area contributed by atoms with E-state index in [9.17, 15) is 9.59 Å². The molecule has 0 unspecified atom stereocenters. The molecule has 0 fully saturated rings. The molecule has 0 aromatic heterocycles. The van der Waals surface area contributed by atoms with Crippen molar-refractivity contribution in [3.05, 3.63) is 59.7 Å². The van der Waals surface area contributed by atoms with E-state index in [1.165, 1.54) is 0 Å². The average molecular weight is 354 g/mol. The van der Waals surface area contributed by atoms with Crippen LogP contribution in [-0.2, 0) is 4.79 Å². The van der Waals surface area contributed by atoms with E-state index in [4.69, 9.17) is 9.47 Å². The van der Waals surface area contributed by atoms with Crippen LogP contribution in [0.3, 0.4) is 0 Å². The minimum atomic E-state index is -0.308. The fourth-order valence-electron chi connectivity index (χ4n) is 2.29. The van der Waals surface area contributed by atoms with Crippen LogP contribution in [0.25, 0.3) is 6.08 Å². The molecule has 0 bridgehead atoms. The summed E-state index contributed by atoms with van der Waals surface area (Å²) < 4.78 is 10.8. The van der Waals surface area contributed by atoms with Crippen LogP contribution < -0.4 is 20.1 Å². The molecule has 0 saturated heterocycles. The first-order valence-electron chi connectivity index (χ1n) is 8.13. The predicted octanol–water partition coefficient (Wildman–Crippen LogP) is 3.11. The van der Waals surface area contributed by atoms with Gasteiger partial charge in [0.2, 0.25) is 0 Å². The van der Waals surface area contributed by atoms with Crippen molar-refractivity contribution >= 4 is 23.6 Å². The summed E-state index contributed by atoms with van der Waals surface area (Å²) in [5.41, 5.74) is 2.09. The van der Waals surface area contributed by atoms with Gasteiger partial charge in [-0.05, 0) is 48.9 Å². The van der Waals surface area contributed by atoms with E-state index in [1.807, 2.05) is 31.2 Å². The zero-order valence-electron chi connectivity index (χ0n) is 15.0. The second-order valence-corrected chi connectivity index (χ2v) is 5.40. The van der Waals surface area contributed by atoms with Crippen molar-refractivity contribution in [2.75, 3.05) is 26.1 Å². The van der Waals surface area contributed by atoms with Crippen LogP contribution in [0.2, 0.25) is 0 Å². The smallest absolute Gasteiger partial charge is 0.262 e. The van der Waals surface area contributed by atoms with Gasteiger partial charge < -0.3 is 20.1 Å². The van der Waals surface area contributed by atoms with Crippen molar-refractivity contribution in [3.8, 4) is 11.5 Å². The number of amides is 2. The number of benzene rings is 2. The molecule has 0 radical (unpaired) electrons. The maximum Gasteiger partial charge on any atom is 0.262 e. The normalized spacial score (nSPS) is 10.4. The fraction of sp³-hybridized carbons (Fsp3) is 0.200. The molecule has 26 heavy (non-hydrogen) atoms. The van der Waals surface area contributed by atoms with Crippen molar-refractivity contribution in [1.29, 1.82) is 0 Å². The van der Waals surface area contributed by atoms with Gasteiger partial charge in [-0.1, -0.05) is 18.2 Å². The fourth-order valence-corrected chi connectivity index (χ4v) is 2.29. The van der Waals surface area contributed by atoms with Gasteiger partial charge in [0, 0.05) is 18.3 Å². The van der Waals surface area contributed by atoms with Crippen LogP contribution in [0.15, 0.2) is 48.5 Å². The van der Waals surface area contributed by atoms with Gasteiger partial charge in [-0.2, -0.15) is 0 Å². The Balaban J connectivity index is 1.95. The third-order valence-corrected chi connectivity index (χ3v) is 3.56. The number of allylic oxidation sites excluding steroid dienone is 1. The number of hydrogen-bond acceptors (Lipinski definition) is 4. The lowest BCUT2D eigenvalue weighted by molar-refractivity contribution is -0.118. The molecule has 2 rings (SSSR count). The quantitative estimate of drug-likeness (QED) is 0.801. The minimum absolute atomic E-state index is 0.156. The first-order chi connectivity index (χ1) is 12.6. The molecule has 2 N–H and O–H groups in total. The van der Waals surface area contributed by atoms with Gasteiger partial charge in [0.1, 0.15) is 0 Å². The van der Waals surface area contributed by atoms with Gasteiger partial charge in [-0.3, -0.25) is 9.59 Å². The molecule has 0 saturated carbocycles. The zero-order valence-corrected chi connectivity index (χ0v) is 15.0. The highest BCUT2D eigenvalue weighted by atomic mass is 16.5. The Labute approximate surface area is 152 Å². The lowest BCUT2D eigenvalue weighted by Gasteiger charge is -2.11. The van der Waals surface area contributed by atoms with E-state index in [0.717, 1.165) is 5.56 Å². The number of carbonyl (C=O) groups is 2. The van der Waals surface area contributed by atoms with Gasteiger partial charge in [0.25, 0.3) is 11.8 Å². The maximum absolute atomic E-state index is 12.1. The highest BCUT2D eigenvalue weighted by Crippen LogP contribution is 2.28. The highest BCUT2D eigenvalue weighted by molar-refractivity contribution is 5.95. The molecule has 0 heterocycles. The van der Waals surface area contributed by atoms with Crippen molar-refractivity contribution in [3.63, 3.8) is 0 Å². The van der Waals surface area contributed by atoms with E-state index < -0.39 is 0 Å². The Morgan fingerprint density at radius 2 is 1.81 bits per heavy atom. The van der Waals surface area contributed by atoms with Gasteiger partial charge in [0.05, 0.1) is 7.11 Å². The number of nitrogens with one attached hydrogen (secondary N) is 2. The molecule has 0 atom stereocenters. The summed E-state index contributed by atoms with van der Waals surface area (Å²) in [4.78, 5) is 23.6. The summed E-state index contributed by atoms with van der Waals surface area (Å²) >= 11 is 0. The van der Waals surface area contributed by atoms with Crippen molar-refractivity contribution in [1.82, 2.24) is 5.32 Å². The van der Waals surface area contributed by atoms with Crippen molar-refractivity contribution in [2.45, 2.75) is 6.92 Å². The Morgan fingerprint density at radius 1 is 1.08 bits per heavy atom. The molecule has 2 amide bonds. The van der Waals surface area contributed by atoms with Crippen LogP contribution in [0.4, 0.5) is 5.69 Å². The van der Waals surface area contributed by atoms with Crippen LogP contribution >= 0.6 is 0 Å². The first-order valence-corrected chi connectivity index (χ1v) is 8.13. The van der Waals surface area contributed by atoms with Crippen molar-refractivity contribution in [2.24, 2.45) is 0 Å². The molecule has 0 spiro atoms. The summed E-state index contributed by atoms with van der Waals surface area (Å²) in [7, 11) is 3.12. The van der Waals surface area contributed by atoms with Gasteiger partial charge in [-0.15, -0.1) is 0 Å². The molecule has 0 aliphatic carbocycles. The third-order valence-electron chi connectivity index (χ3n) is 3.56. The number of ether oxygens (including phenoxy) is 2. The molecule has 6 nitrogen and oxygen atoms in total. The Morgan fingerprint density at radius 3 is 2.42 bits per heavy atom. The molecular weight excluding hydrogens is 332 g/mol. The second-order valence-electron chi connectivity index (χ2n) is 5.40. The van der Waals surface area contributed by atoms with Crippen LogP contribution in [-0.4, -0.2) is 32.6 Å². The largest absolute Gasteiger partial charge is 0.493 e. The monoisotopic (exact) mass is 354 g/mol. The molecule has 6 heteroatoms. The highest BCUT2D eigenvalue weighted by Gasteiger charge is 2.09. The second kappa shape index (κ2) is 9.27. The van der Waals surface area contributed by atoms with Gasteiger partial charge in [-0.25, -0.2) is 0 Å². The average Bonchev–Trinajstić information content (AvgIpc) is 2.67. The van der Waals surface area contributed by atoms with Crippen LogP contribution in [0.5, 0.6) is 11.5 Å². The number of methoxy groups -OCH3 is 1. The summed E-state index contributed by atoms with van der Waals surface area (Å²) in [5, 5.41) is 5.26. The molecular formula is C20H22N2O4. The van der Waals surface area contributed by atoms with E-state index in [0.29, 0.717) is 22.7 Å². The Hall–Kier alpha value is -3.28. The number of rotatable bonds is 7. The molecule has 2 aromatic rings. The lowest BCUT2D eigenvalue weighted by Crippen LogP contribution is -2.21. The van der Waals surface area contributed by atoms with E-state index in [-0.39, 0.29) is 18.4 Å². The molecule has 2 aromatic carbocycles. The predicted molar refractivity (Wildman–Crippen MR) is 102 cm³/mol. The van der Waals surface area contributed by atoms with Crippen LogP contribution in [0, 0.1) is 0 Å². The zero-order chi connectivity index (χ0) is 18.9. The summed E-state index contributed by atoms with van der Waals surface area (Å²) in [6, 6.07) is 12.1. The standard InChI is InChI=1S/C20H22N2O4/c1-4-5-14-6-11-17(18(12-14)25-3)26-13-19(23)22-16-9-7-15(8-10-16)20(24)21-2/h4-12H,13H2,1-3H3,(H,21,24)(H,22,23)/b5-4+. The van der Waals surface area contributed by atoms with Crippen molar-refractivity contribution < 1.29 is 19.1 Å². The van der Waals surface area contributed by atoms with E-state index in [2.05, 4.69) is 10.6 Å². The summed E-state index contributed by atoms with van der Waals surface area (Å²) in [6.07, 6.45) is 3.87. The maximum atomic E-state index is 12.1. The molecule has 0 aliphatic rings.